The molecule has 68 valence electrons. The Morgan fingerprint density at radius 1 is 1.46 bits per heavy atom. The average molecular weight is 176 g/mol. The fourth-order valence-electron chi connectivity index (χ4n) is 0.869. The minimum atomic E-state index is -0.0550. The molecule has 0 saturated carbocycles. The van der Waals surface area contributed by atoms with Crippen molar-refractivity contribution in [3.8, 4) is 0 Å². The van der Waals surface area contributed by atoms with E-state index in [0.29, 0.717) is 6.54 Å². The smallest absolute Gasteiger partial charge is 0.172 e. The summed E-state index contributed by atoms with van der Waals surface area (Å²) in [6.07, 6.45) is 1.27. The molecule has 0 spiro atoms. The molecule has 1 rings (SSSR count). The van der Waals surface area contributed by atoms with Crippen molar-refractivity contribution in [1.82, 2.24) is 5.43 Å². The number of hydrogen-bond acceptors (Lipinski definition) is 3. The first-order chi connectivity index (χ1) is 6.29. The van der Waals surface area contributed by atoms with E-state index >= 15 is 0 Å². The highest BCUT2D eigenvalue weighted by Crippen LogP contribution is 1.96. The van der Waals surface area contributed by atoms with Crippen molar-refractivity contribution in [2.45, 2.75) is 13.5 Å². The standard InChI is InChI=1S/C10H12N2O/c1-9(13)7-11-12-8-10-5-3-2-4-6-10/h2-7,12H,8H2,1H3. The number of Topliss-reactive ketones (excluding diaryl/α,β-unsaturated/α-hetero) is 1. The predicted octanol–water partition coefficient (Wildman–Crippen LogP) is 1.35. The van der Waals surface area contributed by atoms with E-state index in [1.807, 2.05) is 30.3 Å². The molecule has 0 radical (unpaired) electrons. The molecule has 0 aliphatic rings. The summed E-state index contributed by atoms with van der Waals surface area (Å²) in [4.78, 5) is 10.5. The third kappa shape index (κ3) is 4.06. The molecule has 0 saturated heterocycles. The predicted molar refractivity (Wildman–Crippen MR) is 52.5 cm³/mol. The molecular formula is C10H12N2O. The Kier molecular flexibility index (Phi) is 3.70. The molecular weight excluding hydrogens is 164 g/mol. The maximum Gasteiger partial charge on any atom is 0.172 e. The van der Waals surface area contributed by atoms with Crippen LogP contribution in [0.5, 0.6) is 0 Å². The van der Waals surface area contributed by atoms with Crippen LogP contribution in [-0.4, -0.2) is 12.0 Å². The first kappa shape index (κ1) is 9.45. The van der Waals surface area contributed by atoms with Gasteiger partial charge in [-0.1, -0.05) is 30.3 Å². The second kappa shape index (κ2) is 5.09. The second-order valence-electron chi connectivity index (χ2n) is 2.69. The highest BCUT2D eigenvalue weighted by molar-refractivity contribution is 6.26. The Bertz CT molecular complexity index is 293. The number of nitrogens with one attached hydrogen (secondary N) is 1. The van der Waals surface area contributed by atoms with Gasteiger partial charge in [-0.25, -0.2) is 0 Å². The van der Waals surface area contributed by atoms with Gasteiger partial charge >= 0.3 is 0 Å². The van der Waals surface area contributed by atoms with Crippen molar-refractivity contribution in [3.63, 3.8) is 0 Å². The summed E-state index contributed by atoms with van der Waals surface area (Å²) in [6, 6.07) is 9.88. The molecule has 0 aliphatic heterocycles. The van der Waals surface area contributed by atoms with Crippen molar-refractivity contribution in [3.05, 3.63) is 35.9 Å². The summed E-state index contributed by atoms with van der Waals surface area (Å²) in [5.41, 5.74) is 3.92. The number of nitrogens with zero attached hydrogens (tertiary/aromatic N) is 1. The number of ketones is 1. The molecule has 0 aliphatic carbocycles. The first-order valence-corrected chi connectivity index (χ1v) is 4.09. The Hall–Kier alpha value is -1.64. The van der Waals surface area contributed by atoms with Gasteiger partial charge in [0.05, 0.1) is 12.8 Å². The van der Waals surface area contributed by atoms with Crippen LogP contribution in [0.25, 0.3) is 0 Å². The third-order valence-electron chi connectivity index (χ3n) is 1.46. The number of benzene rings is 1. The Morgan fingerprint density at radius 2 is 2.15 bits per heavy atom. The van der Waals surface area contributed by atoms with E-state index < -0.39 is 0 Å². The molecule has 0 heterocycles. The quantitative estimate of drug-likeness (QED) is 0.555. The largest absolute Gasteiger partial charge is 0.306 e. The van der Waals surface area contributed by atoms with Gasteiger partial charge < -0.3 is 5.43 Å². The Balaban J connectivity index is 2.32. The zero-order valence-electron chi connectivity index (χ0n) is 7.53. The Labute approximate surface area is 77.5 Å². The summed E-state index contributed by atoms with van der Waals surface area (Å²) in [6.45, 7) is 2.11. The van der Waals surface area contributed by atoms with Crippen LogP contribution in [0.1, 0.15) is 12.5 Å². The van der Waals surface area contributed by atoms with Crippen molar-refractivity contribution in [2.24, 2.45) is 5.10 Å². The first-order valence-electron chi connectivity index (χ1n) is 4.09. The molecule has 0 aromatic heterocycles. The molecule has 0 unspecified atom stereocenters. The van der Waals surface area contributed by atoms with Crippen molar-refractivity contribution >= 4 is 12.0 Å². The SMILES string of the molecule is CC(=O)C=NNCc1ccccc1. The summed E-state index contributed by atoms with van der Waals surface area (Å²) in [5.74, 6) is -0.0550. The number of carbonyl (C=O) groups is 1. The molecule has 3 nitrogen and oxygen atoms in total. The number of hydrogen-bond donors (Lipinski definition) is 1. The Morgan fingerprint density at radius 3 is 2.77 bits per heavy atom. The second-order valence-corrected chi connectivity index (χ2v) is 2.69. The lowest BCUT2D eigenvalue weighted by atomic mass is 10.2. The average Bonchev–Trinajstić information content (AvgIpc) is 2.14. The molecule has 0 amide bonds. The normalized spacial score (nSPS) is 10.2. The zero-order chi connectivity index (χ0) is 9.52. The van der Waals surface area contributed by atoms with Crippen LogP contribution < -0.4 is 5.43 Å². The van der Waals surface area contributed by atoms with E-state index in [1.54, 1.807) is 0 Å². The monoisotopic (exact) mass is 176 g/mol. The maximum absolute atomic E-state index is 10.5. The van der Waals surface area contributed by atoms with Crippen LogP contribution in [0.4, 0.5) is 0 Å². The van der Waals surface area contributed by atoms with Gasteiger partial charge in [0.15, 0.2) is 5.78 Å². The van der Waals surface area contributed by atoms with Gasteiger partial charge in [0.25, 0.3) is 0 Å². The number of carbonyl (C=O) groups excluding carboxylic acids is 1. The van der Waals surface area contributed by atoms with Crippen LogP contribution in [0, 0.1) is 0 Å². The minimum Gasteiger partial charge on any atom is -0.306 e. The lowest BCUT2D eigenvalue weighted by molar-refractivity contribution is -0.110. The molecule has 3 heteroatoms. The summed E-state index contributed by atoms with van der Waals surface area (Å²) < 4.78 is 0. The van der Waals surface area contributed by atoms with Crippen molar-refractivity contribution in [1.29, 1.82) is 0 Å². The van der Waals surface area contributed by atoms with Gasteiger partial charge in [0.2, 0.25) is 0 Å². The van der Waals surface area contributed by atoms with E-state index in [1.165, 1.54) is 13.1 Å². The van der Waals surface area contributed by atoms with Gasteiger partial charge in [-0.05, 0) is 5.56 Å². The van der Waals surface area contributed by atoms with Crippen LogP contribution in [-0.2, 0) is 11.3 Å². The maximum atomic E-state index is 10.5. The van der Waals surface area contributed by atoms with Crippen LogP contribution >= 0.6 is 0 Å². The van der Waals surface area contributed by atoms with Gasteiger partial charge in [-0.15, -0.1) is 0 Å². The summed E-state index contributed by atoms with van der Waals surface area (Å²) >= 11 is 0. The molecule has 1 N–H and O–H groups in total. The van der Waals surface area contributed by atoms with Crippen LogP contribution in [0.2, 0.25) is 0 Å². The minimum absolute atomic E-state index is 0.0550. The van der Waals surface area contributed by atoms with Gasteiger partial charge in [-0.2, -0.15) is 5.10 Å². The van der Waals surface area contributed by atoms with E-state index in [4.69, 9.17) is 0 Å². The number of rotatable bonds is 4. The molecule has 0 bridgehead atoms. The van der Waals surface area contributed by atoms with E-state index in [-0.39, 0.29) is 5.78 Å². The summed E-state index contributed by atoms with van der Waals surface area (Å²) in [7, 11) is 0. The third-order valence-corrected chi connectivity index (χ3v) is 1.46. The van der Waals surface area contributed by atoms with Gasteiger partial charge in [-0.3, -0.25) is 4.79 Å². The fraction of sp³-hybridized carbons (Fsp3) is 0.200. The fourth-order valence-corrected chi connectivity index (χ4v) is 0.869. The van der Waals surface area contributed by atoms with Crippen molar-refractivity contribution in [2.75, 3.05) is 0 Å². The topological polar surface area (TPSA) is 41.5 Å². The molecule has 0 fully saturated rings. The highest BCUT2D eigenvalue weighted by atomic mass is 16.1. The number of hydrazone groups is 1. The van der Waals surface area contributed by atoms with Crippen molar-refractivity contribution < 1.29 is 4.79 Å². The lowest BCUT2D eigenvalue weighted by Crippen LogP contribution is -2.06. The zero-order valence-corrected chi connectivity index (χ0v) is 7.53. The van der Waals surface area contributed by atoms with E-state index in [2.05, 4.69) is 10.5 Å². The van der Waals surface area contributed by atoms with E-state index in [0.717, 1.165) is 5.56 Å². The van der Waals surface area contributed by atoms with Gasteiger partial charge in [0.1, 0.15) is 0 Å². The highest BCUT2D eigenvalue weighted by Gasteiger charge is 1.87. The summed E-state index contributed by atoms with van der Waals surface area (Å²) in [5, 5.41) is 3.74. The van der Waals surface area contributed by atoms with Crippen LogP contribution in [0.15, 0.2) is 35.4 Å². The van der Waals surface area contributed by atoms with Gasteiger partial charge in [0, 0.05) is 6.92 Å². The van der Waals surface area contributed by atoms with E-state index in [9.17, 15) is 4.79 Å². The molecule has 13 heavy (non-hydrogen) atoms. The lowest BCUT2D eigenvalue weighted by Gasteiger charge is -1.98. The molecule has 0 atom stereocenters. The molecule has 1 aromatic rings. The van der Waals surface area contributed by atoms with Crippen LogP contribution in [0.3, 0.4) is 0 Å². The molecule has 1 aromatic carbocycles.